The molecule has 26 heavy (non-hydrogen) atoms. The number of rotatable bonds is 1. The second-order valence-corrected chi connectivity index (χ2v) is 5.58. The Balaban J connectivity index is 2.66. The molecular formula is C16H9F9O. The number of halogens is 9. The third kappa shape index (κ3) is 3.94. The van der Waals surface area contributed by atoms with E-state index < -0.39 is 58.1 Å². The maximum absolute atomic E-state index is 12.9. The summed E-state index contributed by atoms with van der Waals surface area (Å²) >= 11 is 0. The van der Waals surface area contributed by atoms with E-state index in [4.69, 9.17) is 0 Å². The minimum Gasteiger partial charge on any atom is -0.293 e. The minimum absolute atomic E-state index is 0.127. The number of hydrogen-bond donors (Lipinski definition) is 0. The first-order valence-electron chi connectivity index (χ1n) is 6.95. The Hall–Kier alpha value is -2.26. The van der Waals surface area contributed by atoms with Crippen molar-refractivity contribution in [1.82, 2.24) is 0 Å². The second kappa shape index (κ2) is 6.17. The van der Waals surface area contributed by atoms with E-state index in [0.29, 0.717) is 24.3 Å². The fourth-order valence-electron chi connectivity index (χ4n) is 2.46. The summed E-state index contributed by atoms with van der Waals surface area (Å²) in [5.74, 6) is -2.97. The first kappa shape index (κ1) is 20.1. The summed E-state index contributed by atoms with van der Waals surface area (Å²) < 4.78 is 116. The van der Waals surface area contributed by atoms with Gasteiger partial charge >= 0.3 is 18.5 Å². The molecule has 0 heterocycles. The van der Waals surface area contributed by atoms with Gasteiger partial charge in [0.25, 0.3) is 0 Å². The molecule has 0 spiro atoms. The molecule has 1 atom stereocenters. The Morgan fingerprint density at radius 3 is 1.58 bits per heavy atom. The molecule has 0 aliphatic heterocycles. The van der Waals surface area contributed by atoms with Crippen molar-refractivity contribution in [2.75, 3.05) is 0 Å². The van der Waals surface area contributed by atoms with Crippen LogP contribution in [0.2, 0.25) is 0 Å². The molecule has 2 rings (SSSR count). The summed E-state index contributed by atoms with van der Waals surface area (Å²) in [6.07, 6.45) is -14.0. The summed E-state index contributed by atoms with van der Waals surface area (Å²) in [6.45, 7) is 0.882. The lowest BCUT2D eigenvalue weighted by molar-refractivity contribution is -0.143. The minimum atomic E-state index is -5.13. The molecular weight excluding hydrogens is 379 g/mol. The van der Waals surface area contributed by atoms with Crippen molar-refractivity contribution in [3.05, 3.63) is 52.6 Å². The van der Waals surface area contributed by atoms with Crippen molar-refractivity contribution >= 4 is 11.4 Å². The third-order valence-corrected chi connectivity index (χ3v) is 3.78. The second-order valence-electron chi connectivity index (χ2n) is 5.58. The Morgan fingerprint density at radius 2 is 1.19 bits per heavy atom. The van der Waals surface area contributed by atoms with Gasteiger partial charge in [-0.05, 0) is 23.8 Å². The molecule has 0 bridgehead atoms. The smallest absolute Gasteiger partial charge is 0.293 e. The first-order chi connectivity index (χ1) is 11.6. The molecule has 0 saturated carbocycles. The standard InChI is InChI=1S/C16H9F9O/c1-7-12(16(23,24)25)3-2-11(13(7)26)8-4-9(14(17,18)19)6-10(5-8)15(20,21)22/h2-7H,1H3. The van der Waals surface area contributed by atoms with Crippen molar-refractivity contribution < 1.29 is 44.3 Å². The van der Waals surface area contributed by atoms with Gasteiger partial charge in [-0.15, -0.1) is 0 Å². The number of Topliss-reactive ketones (excluding diaryl/α,β-unsaturated/α-hetero) is 1. The molecule has 1 aliphatic carbocycles. The van der Waals surface area contributed by atoms with Gasteiger partial charge in [-0.25, -0.2) is 0 Å². The average molecular weight is 388 g/mol. The van der Waals surface area contributed by atoms with Crippen LogP contribution in [0.5, 0.6) is 0 Å². The van der Waals surface area contributed by atoms with Gasteiger partial charge in [0, 0.05) is 17.1 Å². The zero-order valence-electron chi connectivity index (χ0n) is 12.8. The first-order valence-corrected chi connectivity index (χ1v) is 6.95. The average Bonchev–Trinajstić information content (AvgIpc) is 2.46. The van der Waals surface area contributed by atoms with Crippen LogP contribution < -0.4 is 0 Å². The van der Waals surface area contributed by atoms with Crippen LogP contribution in [0.3, 0.4) is 0 Å². The van der Waals surface area contributed by atoms with Crippen molar-refractivity contribution in [1.29, 1.82) is 0 Å². The monoisotopic (exact) mass is 388 g/mol. The molecule has 1 aromatic carbocycles. The van der Waals surface area contributed by atoms with Crippen LogP contribution in [0.25, 0.3) is 5.57 Å². The fraction of sp³-hybridized carbons (Fsp3) is 0.312. The van der Waals surface area contributed by atoms with Crippen LogP contribution in [0.4, 0.5) is 39.5 Å². The number of hydrogen-bond acceptors (Lipinski definition) is 1. The van der Waals surface area contributed by atoms with E-state index in [1.807, 2.05) is 0 Å². The van der Waals surface area contributed by atoms with Crippen molar-refractivity contribution in [3.63, 3.8) is 0 Å². The van der Waals surface area contributed by atoms with Gasteiger partial charge in [0.05, 0.1) is 11.1 Å². The molecule has 0 radical (unpaired) electrons. The SMILES string of the molecule is CC1C(=O)C(c2cc(C(F)(F)F)cc(C(F)(F)F)c2)=CC=C1C(F)(F)F. The third-order valence-electron chi connectivity index (χ3n) is 3.78. The quantitative estimate of drug-likeness (QED) is 0.555. The lowest BCUT2D eigenvalue weighted by atomic mass is 9.83. The molecule has 10 heteroatoms. The van der Waals surface area contributed by atoms with Crippen LogP contribution in [0.1, 0.15) is 23.6 Å². The van der Waals surface area contributed by atoms with Gasteiger partial charge in [-0.3, -0.25) is 4.79 Å². The predicted molar refractivity (Wildman–Crippen MR) is 72.7 cm³/mol. The van der Waals surface area contributed by atoms with Gasteiger partial charge < -0.3 is 0 Å². The van der Waals surface area contributed by atoms with Gasteiger partial charge in [-0.2, -0.15) is 39.5 Å². The van der Waals surface area contributed by atoms with E-state index in [-0.39, 0.29) is 6.07 Å². The number of alkyl halides is 9. The van der Waals surface area contributed by atoms with Crippen LogP contribution >= 0.6 is 0 Å². The van der Waals surface area contributed by atoms with E-state index in [0.717, 1.165) is 6.92 Å². The molecule has 0 fully saturated rings. The van der Waals surface area contributed by atoms with E-state index in [2.05, 4.69) is 0 Å². The van der Waals surface area contributed by atoms with Gasteiger partial charge in [0.15, 0.2) is 5.78 Å². The highest BCUT2D eigenvalue weighted by Gasteiger charge is 2.42. The molecule has 0 aromatic heterocycles. The largest absolute Gasteiger partial charge is 0.416 e. The number of benzene rings is 1. The van der Waals surface area contributed by atoms with E-state index in [9.17, 15) is 44.3 Å². The molecule has 0 amide bonds. The van der Waals surface area contributed by atoms with Crippen molar-refractivity contribution in [3.8, 4) is 0 Å². The lowest BCUT2D eigenvalue weighted by Gasteiger charge is -2.23. The van der Waals surface area contributed by atoms with Crippen LogP contribution in [-0.2, 0) is 17.1 Å². The zero-order valence-corrected chi connectivity index (χ0v) is 12.8. The summed E-state index contributed by atoms with van der Waals surface area (Å²) in [5.41, 5.74) is -5.94. The van der Waals surface area contributed by atoms with Gasteiger partial charge in [0.1, 0.15) is 0 Å². The maximum Gasteiger partial charge on any atom is 0.416 e. The lowest BCUT2D eigenvalue weighted by Crippen LogP contribution is -2.27. The maximum atomic E-state index is 12.9. The van der Waals surface area contributed by atoms with E-state index in [1.54, 1.807) is 0 Å². The molecule has 0 saturated heterocycles. The Kier molecular flexibility index (Phi) is 4.76. The number of ketones is 1. The van der Waals surface area contributed by atoms with E-state index >= 15 is 0 Å². The normalized spacial score (nSPS) is 19.3. The molecule has 142 valence electrons. The highest BCUT2D eigenvalue weighted by molar-refractivity contribution is 6.23. The zero-order chi connectivity index (χ0) is 20.1. The highest BCUT2D eigenvalue weighted by Crippen LogP contribution is 2.41. The number of carbonyl (C=O) groups is 1. The van der Waals surface area contributed by atoms with Gasteiger partial charge in [-0.1, -0.05) is 19.1 Å². The van der Waals surface area contributed by atoms with Crippen LogP contribution in [0, 0.1) is 5.92 Å². The molecule has 0 N–H and O–H groups in total. The number of carbonyl (C=O) groups excluding carboxylic acids is 1. The fourth-order valence-corrected chi connectivity index (χ4v) is 2.46. The Bertz CT molecular complexity index is 759. The summed E-state index contributed by atoms with van der Waals surface area (Å²) in [4.78, 5) is 12.1. The summed E-state index contributed by atoms with van der Waals surface area (Å²) in [6, 6.07) is 0.480. The van der Waals surface area contributed by atoms with Gasteiger partial charge in [0.2, 0.25) is 0 Å². The Labute approximate surface area is 140 Å². The van der Waals surface area contributed by atoms with E-state index in [1.165, 1.54) is 0 Å². The Morgan fingerprint density at radius 1 is 0.731 bits per heavy atom. The molecule has 1 aliphatic rings. The van der Waals surface area contributed by atoms with Crippen LogP contribution in [0.15, 0.2) is 35.9 Å². The molecule has 1 unspecified atom stereocenters. The predicted octanol–water partition coefficient (Wildman–Crippen LogP) is 5.82. The summed E-state index contributed by atoms with van der Waals surface area (Å²) in [5, 5.41) is 0. The van der Waals surface area contributed by atoms with Crippen molar-refractivity contribution in [2.45, 2.75) is 25.5 Å². The highest BCUT2D eigenvalue weighted by atomic mass is 19.4. The molecule has 1 nitrogen and oxygen atoms in total. The topological polar surface area (TPSA) is 17.1 Å². The van der Waals surface area contributed by atoms with Crippen molar-refractivity contribution in [2.24, 2.45) is 5.92 Å². The number of allylic oxidation sites excluding steroid dienone is 4. The molecule has 1 aromatic rings. The van der Waals surface area contributed by atoms with Crippen LogP contribution in [-0.4, -0.2) is 12.0 Å². The summed E-state index contributed by atoms with van der Waals surface area (Å²) in [7, 11) is 0.